The minimum atomic E-state index is -3.76. The highest BCUT2D eigenvalue weighted by atomic mass is 32.2. The molecule has 1 aromatic rings. The molecular formula is C15H22N2O4S. The number of sulfonamides is 1. The molecule has 0 saturated carbocycles. The molecule has 0 radical (unpaired) electrons. The first-order valence-corrected chi connectivity index (χ1v) is 8.53. The highest BCUT2D eigenvalue weighted by molar-refractivity contribution is 7.89. The van der Waals surface area contributed by atoms with Crippen molar-refractivity contribution in [2.45, 2.75) is 38.6 Å². The summed E-state index contributed by atoms with van der Waals surface area (Å²) in [6.07, 6.45) is 0. The largest absolute Gasteiger partial charge is 0.353 e. The van der Waals surface area contributed by atoms with E-state index in [1.807, 2.05) is 13.8 Å². The number of benzene rings is 1. The third-order valence-electron chi connectivity index (χ3n) is 3.02. The van der Waals surface area contributed by atoms with E-state index in [2.05, 4.69) is 5.32 Å². The lowest BCUT2D eigenvalue weighted by Crippen LogP contribution is -2.42. The van der Waals surface area contributed by atoms with Crippen molar-refractivity contribution in [1.29, 1.82) is 0 Å². The second-order valence-electron chi connectivity index (χ2n) is 5.23. The average molecular weight is 326 g/mol. The number of likely N-dealkylation sites (N-methyl/N-ethyl adjacent to an activating group) is 1. The Bertz CT molecular complexity index is 636. The number of carbonyl (C=O) groups is 2. The van der Waals surface area contributed by atoms with Gasteiger partial charge in [-0.15, -0.1) is 0 Å². The van der Waals surface area contributed by atoms with Crippen molar-refractivity contribution in [3.63, 3.8) is 0 Å². The number of rotatable bonds is 7. The summed E-state index contributed by atoms with van der Waals surface area (Å²) in [6.45, 7) is 6.66. The van der Waals surface area contributed by atoms with Gasteiger partial charge in [0.25, 0.3) is 0 Å². The molecule has 0 saturated heterocycles. The SMILES string of the molecule is CCN(CC(=O)NC(C)C)S(=O)(=O)c1ccc(C(C)=O)cc1. The van der Waals surface area contributed by atoms with Crippen LogP contribution in [0.25, 0.3) is 0 Å². The lowest BCUT2D eigenvalue weighted by Gasteiger charge is -2.20. The molecule has 0 aliphatic heterocycles. The van der Waals surface area contributed by atoms with Crippen molar-refractivity contribution in [2.75, 3.05) is 13.1 Å². The topological polar surface area (TPSA) is 83.6 Å². The van der Waals surface area contributed by atoms with Crippen LogP contribution in [-0.2, 0) is 14.8 Å². The van der Waals surface area contributed by atoms with Gasteiger partial charge in [0.2, 0.25) is 15.9 Å². The molecule has 6 nitrogen and oxygen atoms in total. The van der Waals surface area contributed by atoms with Crippen LogP contribution in [0.3, 0.4) is 0 Å². The number of hydrogen-bond acceptors (Lipinski definition) is 4. The monoisotopic (exact) mass is 326 g/mol. The third-order valence-corrected chi connectivity index (χ3v) is 4.96. The fourth-order valence-corrected chi connectivity index (χ4v) is 3.31. The molecule has 0 spiro atoms. The number of ketones is 1. The minimum Gasteiger partial charge on any atom is -0.353 e. The third kappa shape index (κ3) is 4.64. The van der Waals surface area contributed by atoms with Crippen LogP contribution >= 0.6 is 0 Å². The van der Waals surface area contributed by atoms with Gasteiger partial charge in [-0.25, -0.2) is 8.42 Å². The van der Waals surface area contributed by atoms with Crippen molar-refractivity contribution in [1.82, 2.24) is 9.62 Å². The molecule has 0 aromatic heterocycles. The molecule has 0 aliphatic rings. The number of amides is 1. The maximum absolute atomic E-state index is 12.5. The predicted molar refractivity (Wildman–Crippen MR) is 84.2 cm³/mol. The quantitative estimate of drug-likeness (QED) is 0.768. The standard InChI is InChI=1S/C15H22N2O4S/c1-5-17(10-15(19)16-11(2)3)22(20,21)14-8-6-13(7-9-14)12(4)18/h6-9,11H,5,10H2,1-4H3,(H,16,19). The van der Waals surface area contributed by atoms with Crippen LogP contribution in [0.5, 0.6) is 0 Å². The Morgan fingerprint density at radius 3 is 2.14 bits per heavy atom. The Balaban J connectivity index is 2.98. The van der Waals surface area contributed by atoms with Gasteiger partial charge in [-0.2, -0.15) is 4.31 Å². The van der Waals surface area contributed by atoms with Crippen LogP contribution in [-0.4, -0.2) is 43.5 Å². The van der Waals surface area contributed by atoms with Gasteiger partial charge in [-0.3, -0.25) is 9.59 Å². The first kappa shape index (κ1) is 18.3. The van der Waals surface area contributed by atoms with E-state index in [9.17, 15) is 18.0 Å². The van der Waals surface area contributed by atoms with Gasteiger partial charge in [-0.1, -0.05) is 19.1 Å². The van der Waals surface area contributed by atoms with Gasteiger partial charge in [0.05, 0.1) is 11.4 Å². The van der Waals surface area contributed by atoms with Crippen LogP contribution in [0, 0.1) is 0 Å². The molecule has 1 N–H and O–H groups in total. The van der Waals surface area contributed by atoms with Gasteiger partial charge in [0.1, 0.15) is 0 Å². The van der Waals surface area contributed by atoms with Crippen LogP contribution in [0.15, 0.2) is 29.2 Å². The van der Waals surface area contributed by atoms with Crippen molar-refractivity contribution >= 4 is 21.7 Å². The fraction of sp³-hybridized carbons (Fsp3) is 0.467. The Kier molecular flexibility index (Phi) is 6.25. The predicted octanol–water partition coefficient (Wildman–Crippen LogP) is 1.42. The Labute approximate surface area is 131 Å². The Hall–Kier alpha value is -1.73. The number of nitrogens with zero attached hydrogens (tertiary/aromatic N) is 1. The van der Waals surface area contributed by atoms with Gasteiger partial charge < -0.3 is 5.32 Å². The number of hydrogen-bond donors (Lipinski definition) is 1. The molecule has 0 unspecified atom stereocenters. The number of Topliss-reactive ketones (excluding diaryl/α,β-unsaturated/α-hetero) is 1. The molecule has 0 fully saturated rings. The molecule has 0 bridgehead atoms. The first-order valence-electron chi connectivity index (χ1n) is 7.09. The van der Waals surface area contributed by atoms with E-state index in [0.29, 0.717) is 5.56 Å². The van der Waals surface area contributed by atoms with Crippen molar-refractivity contribution < 1.29 is 18.0 Å². The van der Waals surface area contributed by atoms with Crippen LogP contribution < -0.4 is 5.32 Å². The smallest absolute Gasteiger partial charge is 0.243 e. The highest BCUT2D eigenvalue weighted by Gasteiger charge is 2.25. The van der Waals surface area contributed by atoms with Crippen LogP contribution in [0.1, 0.15) is 38.1 Å². The highest BCUT2D eigenvalue weighted by Crippen LogP contribution is 2.16. The van der Waals surface area contributed by atoms with E-state index >= 15 is 0 Å². The van der Waals surface area contributed by atoms with Crippen LogP contribution in [0.4, 0.5) is 0 Å². The van der Waals surface area contributed by atoms with Gasteiger partial charge in [0, 0.05) is 18.2 Å². The second-order valence-corrected chi connectivity index (χ2v) is 7.17. The first-order chi connectivity index (χ1) is 10.2. The van der Waals surface area contributed by atoms with E-state index in [1.54, 1.807) is 6.92 Å². The summed E-state index contributed by atoms with van der Waals surface area (Å²) in [5.41, 5.74) is 0.444. The normalized spacial score (nSPS) is 11.7. The lowest BCUT2D eigenvalue weighted by molar-refractivity contribution is -0.121. The maximum atomic E-state index is 12.5. The van der Waals surface area contributed by atoms with E-state index in [0.717, 1.165) is 4.31 Å². The van der Waals surface area contributed by atoms with Crippen molar-refractivity contribution in [2.24, 2.45) is 0 Å². The molecule has 22 heavy (non-hydrogen) atoms. The summed E-state index contributed by atoms with van der Waals surface area (Å²) in [6, 6.07) is 5.65. The zero-order valence-electron chi connectivity index (χ0n) is 13.3. The second kappa shape index (κ2) is 7.51. The van der Waals surface area contributed by atoms with Gasteiger partial charge in [0.15, 0.2) is 5.78 Å². The van der Waals surface area contributed by atoms with Crippen molar-refractivity contribution in [3.8, 4) is 0 Å². The molecule has 1 amide bonds. The Morgan fingerprint density at radius 2 is 1.73 bits per heavy atom. The summed E-state index contributed by atoms with van der Waals surface area (Å²) in [5.74, 6) is -0.478. The summed E-state index contributed by atoms with van der Waals surface area (Å²) in [5, 5.41) is 2.67. The van der Waals surface area contributed by atoms with Gasteiger partial charge in [-0.05, 0) is 32.9 Å². The van der Waals surface area contributed by atoms with Crippen molar-refractivity contribution in [3.05, 3.63) is 29.8 Å². The zero-order chi connectivity index (χ0) is 16.9. The molecule has 0 aliphatic carbocycles. The van der Waals surface area contributed by atoms with E-state index in [4.69, 9.17) is 0 Å². The molecule has 1 aromatic carbocycles. The van der Waals surface area contributed by atoms with Crippen LogP contribution in [0.2, 0.25) is 0 Å². The number of nitrogens with one attached hydrogen (secondary N) is 1. The molecule has 122 valence electrons. The summed E-state index contributed by atoms with van der Waals surface area (Å²) in [7, 11) is -3.76. The van der Waals surface area contributed by atoms with E-state index < -0.39 is 10.0 Å². The van der Waals surface area contributed by atoms with Gasteiger partial charge >= 0.3 is 0 Å². The Morgan fingerprint density at radius 1 is 1.18 bits per heavy atom. The lowest BCUT2D eigenvalue weighted by atomic mass is 10.2. The molecule has 7 heteroatoms. The zero-order valence-corrected chi connectivity index (χ0v) is 14.1. The molecule has 0 heterocycles. The summed E-state index contributed by atoms with van der Waals surface area (Å²) >= 11 is 0. The fourth-order valence-electron chi connectivity index (χ4n) is 1.91. The minimum absolute atomic E-state index is 0.0521. The van der Waals surface area contributed by atoms with E-state index in [-0.39, 0.29) is 35.7 Å². The molecule has 1 rings (SSSR count). The maximum Gasteiger partial charge on any atom is 0.243 e. The molecule has 0 atom stereocenters. The molecular weight excluding hydrogens is 304 g/mol. The summed E-state index contributed by atoms with van der Waals surface area (Å²) in [4.78, 5) is 23.1. The number of carbonyl (C=O) groups excluding carboxylic acids is 2. The van der Waals surface area contributed by atoms with E-state index in [1.165, 1.54) is 31.2 Å². The summed E-state index contributed by atoms with van der Waals surface area (Å²) < 4.78 is 26.2. The average Bonchev–Trinajstić information content (AvgIpc) is 2.43.